The number of pyridine rings is 1. The van der Waals surface area contributed by atoms with Gasteiger partial charge in [0.15, 0.2) is 0 Å². The number of aromatic amines is 1. The van der Waals surface area contributed by atoms with Gasteiger partial charge in [0.1, 0.15) is 11.8 Å². The molecule has 2 aromatic heterocycles. The summed E-state index contributed by atoms with van der Waals surface area (Å²) in [6.45, 7) is 3.59. The van der Waals surface area contributed by atoms with Crippen molar-refractivity contribution in [3.05, 3.63) is 57.7 Å². The first-order chi connectivity index (χ1) is 12.6. The highest BCUT2D eigenvalue weighted by Gasteiger charge is 2.25. The van der Waals surface area contributed by atoms with Crippen molar-refractivity contribution in [2.45, 2.75) is 25.7 Å². The van der Waals surface area contributed by atoms with Gasteiger partial charge in [0, 0.05) is 28.1 Å². The zero-order valence-electron chi connectivity index (χ0n) is 14.5. The summed E-state index contributed by atoms with van der Waals surface area (Å²) in [5, 5.41) is 11.1. The number of hydrogen-bond donors (Lipinski definition) is 3. The summed E-state index contributed by atoms with van der Waals surface area (Å²) >= 11 is 0. The number of amides is 1. The number of aryl methyl sites for hydroxylation is 1. The Labute approximate surface area is 149 Å². The van der Waals surface area contributed by atoms with Gasteiger partial charge in [-0.2, -0.15) is 0 Å². The Hall–Kier alpha value is -2.93. The van der Waals surface area contributed by atoms with Crippen LogP contribution >= 0.6 is 0 Å². The first-order valence-corrected chi connectivity index (χ1v) is 8.72. The lowest BCUT2D eigenvalue weighted by Crippen LogP contribution is -2.28. The van der Waals surface area contributed by atoms with Gasteiger partial charge >= 0.3 is 0 Å². The second-order valence-corrected chi connectivity index (χ2v) is 6.68. The van der Waals surface area contributed by atoms with Crippen molar-refractivity contribution >= 4 is 22.5 Å². The normalized spacial score (nSPS) is 15.3. The van der Waals surface area contributed by atoms with Gasteiger partial charge in [-0.1, -0.05) is 5.16 Å². The predicted octanol–water partition coefficient (Wildman–Crippen LogP) is 2.54. The van der Waals surface area contributed by atoms with Gasteiger partial charge < -0.3 is 20.1 Å². The summed E-state index contributed by atoms with van der Waals surface area (Å²) in [4.78, 5) is 27.2. The molecule has 1 aromatic carbocycles. The fourth-order valence-corrected chi connectivity index (χ4v) is 3.40. The van der Waals surface area contributed by atoms with Crippen LogP contribution in [0.5, 0.6) is 0 Å². The van der Waals surface area contributed by atoms with Gasteiger partial charge in [-0.05, 0) is 57.1 Å². The molecule has 0 spiro atoms. The Morgan fingerprint density at radius 3 is 2.88 bits per heavy atom. The van der Waals surface area contributed by atoms with Crippen LogP contribution in [0.3, 0.4) is 0 Å². The Bertz CT molecular complexity index is 1020. The molecule has 3 N–H and O–H groups in total. The molecular formula is C19H20N4O3. The Morgan fingerprint density at radius 1 is 1.27 bits per heavy atom. The minimum absolute atomic E-state index is 0.106. The number of H-pyrrole nitrogens is 1. The van der Waals surface area contributed by atoms with E-state index in [1.807, 2.05) is 12.1 Å². The number of hydrogen-bond acceptors (Lipinski definition) is 5. The van der Waals surface area contributed by atoms with Gasteiger partial charge in [-0.3, -0.25) is 9.59 Å². The number of rotatable bonds is 3. The largest absolute Gasteiger partial charge is 0.364 e. The molecular weight excluding hydrogens is 332 g/mol. The lowest BCUT2D eigenvalue weighted by molar-refractivity contribution is 0.102. The number of piperidine rings is 1. The fraction of sp³-hybridized carbons (Fsp3) is 0.316. The van der Waals surface area contributed by atoms with Crippen molar-refractivity contribution in [1.29, 1.82) is 0 Å². The lowest BCUT2D eigenvalue weighted by Gasteiger charge is -2.21. The zero-order chi connectivity index (χ0) is 18.1. The summed E-state index contributed by atoms with van der Waals surface area (Å²) in [5.41, 5.74) is 3.13. The van der Waals surface area contributed by atoms with Crippen LogP contribution < -0.4 is 16.2 Å². The third-order valence-electron chi connectivity index (χ3n) is 4.86. The summed E-state index contributed by atoms with van der Waals surface area (Å²) in [6.07, 6.45) is 3.29. The van der Waals surface area contributed by atoms with E-state index in [-0.39, 0.29) is 17.4 Å². The Balaban J connectivity index is 1.59. The van der Waals surface area contributed by atoms with Crippen molar-refractivity contribution in [2.24, 2.45) is 0 Å². The maximum Gasteiger partial charge on any atom is 0.260 e. The van der Waals surface area contributed by atoms with Crippen LogP contribution in [0, 0.1) is 6.92 Å². The maximum absolute atomic E-state index is 12.7. The Morgan fingerprint density at radius 2 is 2.08 bits per heavy atom. The van der Waals surface area contributed by atoms with E-state index in [4.69, 9.17) is 4.52 Å². The molecule has 1 amide bonds. The minimum atomic E-state index is -0.236. The molecule has 4 rings (SSSR count). The number of carbonyl (C=O) groups excluding carboxylic acids is 1. The molecule has 0 radical (unpaired) electrons. The SMILES string of the molecule is Cc1cc2cc(NC(=O)c3conc3C3CCNCC3)ccc2[nH]c1=O. The smallest absolute Gasteiger partial charge is 0.260 e. The first-order valence-electron chi connectivity index (χ1n) is 8.72. The molecule has 3 heterocycles. The van der Waals surface area contributed by atoms with E-state index >= 15 is 0 Å². The van der Waals surface area contributed by atoms with Crippen LogP contribution in [0.15, 0.2) is 39.8 Å². The third-order valence-corrected chi connectivity index (χ3v) is 4.86. The molecule has 1 aliphatic heterocycles. The van der Waals surface area contributed by atoms with E-state index in [9.17, 15) is 9.59 Å². The topological polar surface area (TPSA) is 100 Å². The van der Waals surface area contributed by atoms with Crippen molar-refractivity contribution in [1.82, 2.24) is 15.5 Å². The number of nitrogens with one attached hydrogen (secondary N) is 3. The molecule has 7 heteroatoms. The van der Waals surface area contributed by atoms with Gasteiger partial charge in [0.2, 0.25) is 0 Å². The van der Waals surface area contributed by atoms with Crippen molar-refractivity contribution in [3.8, 4) is 0 Å². The second kappa shape index (κ2) is 6.76. The number of anilines is 1. The molecule has 0 unspecified atom stereocenters. The van der Waals surface area contributed by atoms with Crippen LogP contribution in [-0.4, -0.2) is 29.1 Å². The molecule has 0 aliphatic carbocycles. The molecule has 3 aromatic rings. The minimum Gasteiger partial charge on any atom is -0.364 e. The average Bonchev–Trinajstić information content (AvgIpc) is 3.14. The third kappa shape index (κ3) is 3.13. The standard InChI is InChI=1S/C19H20N4O3/c1-11-8-13-9-14(2-3-16(13)22-18(11)24)21-19(25)15-10-26-23-17(15)12-4-6-20-7-5-12/h2-3,8-10,12,20H,4-7H2,1H3,(H,21,25)(H,22,24). The molecule has 1 aliphatic rings. The molecule has 0 bridgehead atoms. The van der Waals surface area contributed by atoms with Crippen molar-refractivity contribution in [2.75, 3.05) is 18.4 Å². The molecule has 1 fully saturated rings. The van der Waals surface area contributed by atoms with Crippen molar-refractivity contribution < 1.29 is 9.32 Å². The van der Waals surface area contributed by atoms with Crippen LogP contribution in [0.1, 0.15) is 40.4 Å². The van der Waals surface area contributed by atoms with Crippen LogP contribution in [0.25, 0.3) is 10.9 Å². The highest BCUT2D eigenvalue weighted by molar-refractivity contribution is 6.05. The monoisotopic (exact) mass is 352 g/mol. The molecule has 0 atom stereocenters. The summed E-state index contributed by atoms with van der Waals surface area (Å²) in [7, 11) is 0. The second-order valence-electron chi connectivity index (χ2n) is 6.68. The Kier molecular flexibility index (Phi) is 4.30. The predicted molar refractivity (Wildman–Crippen MR) is 98.6 cm³/mol. The van der Waals surface area contributed by atoms with Crippen LogP contribution in [-0.2, 0) is 0 Å². The molecule has 1 saturated heterocycles. The van der Waals surface area contributed by atoms with E-state index in [2.05, 4.69) is 20.8 Å². The van der Waals surface area contributed by atoms with E-state index in [1.54, 1.807) is 19.1 Å². The summed E-state index contributed by atoms with van der Waals surface area (Å²) < 4.78 is 5.09. The number of nitrogens with zero attached hydrogens (tertiary/aromatic N) is 1. The van der Waals surface area contributed by atoms with Crippen molar-refractivity contribution in [3.63, 3.8) is 0 Å². The quantitative estimate of drug-likeness (QED) is 0.673. The van der Waals surface area contributed by atoms with Crippen LogP contribution in [0.4, 0.5) is 5.69 Å². The molecule has 134 valence electrons. The van der Waals surface area contributed by atoms with Gasteiger partial charge in [0.05, 0.1) is 5.69 Å². The van der Waals surface area contributed by atoms with E-state index in [0.717, 1.165) is 42.5 Å². The van der Waals surface area contributed by atoms with Gasteiger partial charge in [-0.15, -0.1) is 0 Å². The number of fused-ring (bicyclic) bond motifs is 1. The number of benzene rings is 1. The fourth-order valence-electron chi connectivity index (χ4n) is 3.40. The van der Waals surface area contributed by atoms with Gasteiger partial charge in [0.25, 0.3) is 11.5 Å². The average molecular weight is 352 g/mol. The van der Waals surface area contributed by atoms with E-state index in [1.165, 1.54) is 6.26 Å². The summed E-state index contributed by atoms with van der Waals surface area (Å²) in [5.74, 6) is 0.000331. The molecule has 26 heavy (non-hydrogen) atoms. The summed E-state index contributed by atoms with van der Waals surface area (Å²) in [6, 6.07) is 7.20. The highest BCUT2D eigenvalue weighted by Crippen LogP contribution is 2.27. The van der Waals surface area contributed by atoms with E-state index in [0.29, 0.717) is 16.8 Å². The lowest BCUT2D eigenvalue weighted by atomic mass is 9.92. The van der Waals surface area contributed by atoms with Gasteiger partial charge in [-0.25, -0.2) is 0 Å². The first kappa shape index (κ1) is 16.5. The number of aromatic nitrogens is 2. The molecule has 7 nitrogen and oxygen atoms in total. The molecule has 0 saturated carbocycles. The maximum atomic E-state index is 12.7. The highest BCUT2D eigenvalue weighted by atomic mass is 16.5. The van der Waals surface area contributed by atoms with Crippen LogP contribution in [0.2, 0.25) is 0 Å². The zero-order valence-corrected chi connectivity index (χ0v) is 14.5. The van der Waals surface area contributed by atoms with E-state index < -0.39 is 0 Å². The number of carbonyl (C=O) groups is 1.